The molecular weight excluding hydrogens is 332 g/mol. The lowest BCUT2D eigenvalue weighted by Gasteiger charge is -2.09. The van der Waals surface area contributed by atoms with Gasteiger partial charge in [-0.05, 0) is 43.3 Å². The van der Waals surface area contributed by atoms with Crippen LogP contribution < -0.4 is 16.2 Å². The summed E-state index contributed by atoms with van der Waals surface area (Å²) >= 11 is 0. The SMILES string of the molecule is Cc1ccc(NCC(=O)NNC(=O)c2ccc(-n3cncn3)cc2)cc1. The summed E-state index contributed by atoms with van der Waals surface area (Å²) in [7, 11) is 0. The topological polar surface area (TPSA) is 101 Å². The van der Waals surface area contributed by atoms with Crippen molar-refractivity contribution in [2.45, 2.75) is 6.92 Å². The van der Waals surface area contributed by atoms with Gasteiger partial charge in [-0.1, -0.05) is 17.7 Å². The fourth-order valence-corrected chi connectivity index (χ4v) is 2.20. The summed E-state index contributed by atoms with van der Waals surface area (Å²) in [5.74, 6) is -0.753. The van der Waals surface area contributed by atoms with Crippen LogP contribution in [0.2, 0.25) is 0 Å². The zero-order valence-electron chi connectivity index (χ0n) is 14.1. The van der Waals surface area contributed by atoms with E-state index in [4.69, 9.17) is 0 Å². The van der Waals surface area contributed by atoms with Crippen molar-refractivity contribution in [2.24, 2.45) is 0 Å². The molecule has 3 rings (SSSR count). The monoisotopic (exact) mass is 350 g/mol. The fraction of sp³-hybridized carbons (Fsp3) is 0.111. The molecule has 0 atom stereocenters. The highest BCUT2D eigenvalue weighted by Gasteiger charge is 2.08. The first-order valence-corrected chi connectivity index (χ1v) is 7.96. The predicted octanol–water partition coefficient (Wildman–Crippen LogP) is 1.45. The van der Waals surface area contributed by atoms with Gasteiger partial charge in [0.05, 0.1) is 12.2 Å². The molecule has 0 spiro atoms. The highest BCUT2D eigenvalue weighted by atomic mass is 16.2. The molecule has 0 aliphatic heterocycles. The van der Waals surface area contributed by atoms with E-state index in [0.29, 0.717) is 5.56 Å². The quantitative estimate of drug-likeness (QED) is 0.605. The van der Waals surface area contributed by atoms with E-state index in [2.05, 4.69) is 26.3 Å². The minimum absolute atomic E-state index is 0.0502. The molecule has 3 N–H and O–H groups in total. The molecule has 2 amide bonds. The zero-order chi connectivity index (χ0) is 18.4. The van der Waals surface area contributed by atoms with E-state index >= 15 is 0 Å². The summed E-state index contributed by atoms with van der Waals surface area (Å²) < 4.78 is 1.58. The van der Waals surface area contributed by atoms with Crippen molar-refractivity contribution >= 4 is 17.5 Å². The molecule has 0 fully saturated rings. The Labute approximate surface area is 150 Å². The van der Waals surface area contributed by atoms with Crippen LogP contribution in [0.3, 0.4) is 0 Å². The number of aromatic nitrogens is 3. The number of anilines is 1. The molecule has 8 nitrogen and oxygen atoms in total. The third kappa shape index (κ3) is 4.44. The summed E-state index contributed by atoms with van der Waals surface area (Å²) in [6.45, 7) is 2.04. The molecule has 2 aromatic carbocycles. The molecule has 132 valence electrons. The number of nitrogens with one attached hydrogen (secondary N) is 3. The molecule has 0 aliphatic carbocycles. The van der Waals surface area contributed by atoms with Crippen molar-refractivity contribution in [1.82, 2.24) is 25.6 Å². The summed E-state index contributed by atoms with van der Waals surface area (Å²) in [5.41, 5.74) is 7.94. The molecule has 0 saturated heterocycles. The Balaban J connectivity index is 1.47. The predicted molar refractivity (Wildman–Crippen MR) is 96.6 cm³/mol. The van der Waals surface area contributed by atoms with Gasteiger partial charge >= 0.3 is 0 Å². The van der Waals surface area contributed by atoms with Crippen LogP contribution in [0, 0.1) is 6.92 Å². The number of hydrogen-bond acceptors (Lipinski definition) is 5. The van der Waals surface area contributed by atoms with Crippen molar-refractivity contribution in [3.8, 4) is 5.69 Å². The molecule has 0 bridgehead atoms. The number of carbonyl (C=O) groups excluding carboxylic acids is 2. The van der Waals surface area contributed by atoms with E-state index in [1.165, 1.54) is 6.33 Å². The highest BCUT2D eigenvalue weighted by molar-refractivity contribution is 5.95. The summed E-state index contributed by atoms with van der Waals surface area (Å²) in [4.78, 5) is 27.8. The van der Waals surface area contributed by atoms with E-state index in [9.17, 15) is 9.59 Å². The number of amides is 2. The number of rotatable bonds is 5. The second-order valence-corrected chi connectivity index (χ2v) is 5.61. The first kappa shape index (κ1) is 17.2. The normalized spacial score (nSPS) is 10.2. The number of benzene rings is 2. The van der Waals surface area contributed by atoms with Gasteiger partial charge in [-0.3, -0.25) is 20.4 Å². The smallest absolute Gasteiger partial charge is 0.269 e. The van der Waals surface area contributed by atoms with Gasteiger partial charge in [0.1, 0.15) is 12.7 Å². The van der Waals surface area contributed by atoms with Crippen LogP contribution in [0.5, 0.6) is 0 Å². The minimum Gasteiger partial charge on any atom is -0.376 e. The average molecular weight is 350 g/mol. The number of carbonyl (C=O) groups is 2. The van der Waals surface area contributed by atoms with E-state index in [-0.39, 0.29) is 12.5 Å². The van der Waals surface area contributed by atoms with Crippen molar-refractivity contribution in [3.63, 3.8) is 0 Å². The van der Waals surface area contributed by atoms with Crippen molar-refractivity contribution in [1.29, 1.82) is 0 Å². The molecule has 3 aromatic rings. The van der Waals surface area contributed by atoms with E-state index in [1.807, 2.05) is 31.2 Å². The maximum Gasteiger partial charge on any atom is 0.269 e. The van der Waals surface area contributed by atoms with Crippen molar-refractivity contribution < 1.29 is 9.59 Å². The molecule has 26 heavy (non-hydrogen) atoms. The Morgan fingerprint density at radius 3 is 2.38 bits per heavy atom. The largest absolute Gasteiger partial charge is 0.376 e. The summed E-state index contributed by atoms with van der Waals surface area (Å²) in [6.07, 6.45) is 3.00. The Hall–Kier alpha value is -3.68. The number of aryl methyl sites for hydroxylation is 1. The van der Waals surface area contributed by atoms with Crippen LogP contribution in [-0.4, -0.2) is 33.1 Å². The van der Waals surface area contributed by atoms with E-state index in [0.717, 1.165) is 16.9 Å². The fourth-order valence-electron chi connectivity index (χ4n) is 2.20. The first-order valence-electron chi connectivity index (χ1n) is 7.96. The molecule has 8 heteroatoms. The van der Waals surface area contributed by atoms with Crippen molar-refractivity contribution in [2.75, 3.05) is 11.9 Å². The Morgan fingerprint density at radius 1 is 1.00 bits per heavy atom. The number of hydrogen-bond donors (Lipinski definition) is 3. The Bertz CT molecular complexity index is 873. The lowest BCUT2D eigenvalue weighted by Crippen LogP contribution is -2.44. The lowest BCUT2D eigenvalue weighted by molar-refractivity contribution is -0.120. The van der Waals surface area contributed by atoms with Gasteiger partial charge in [-0.15, -0.1) is 0 Å². The second-order valence-electron chi connectivity index (χ2n) is 5.61. The molecule has 0 aliphatic rings. The van der Waals surface area contributed by atoms with Crippen molar-refractivity contribution in [3.05, 3.63) is 72.3 Å². The van der Waals surface area contributed by atoms with Gasteiger partial charge in [0.2, 0.25) is 0 Å². The van der Waals surface area contributed by atoms with Crippen LogP contribution >= 0.6 is 0 Å². The number of hydrazine groups is 1. The minimum atomic E-state index is -0.404. The molecule has 0 unspecified atom stereocenters. The molecule has 0 radical (unpaired) electrons. The average Bonchev–Trinajstić information content (AvgIpc) is 3.20. The van der Waals surface area contributed by atoms with E-state index < -0.39 is 5.91 Å². The van der Waals surface area contributed by atoms with Gasteiger partial charge < -0.3 is 5.32 Å². The summed E-state index contributed by atoms with van der Waals surface area (Å²) in [6, 6.07) is 14.4. The zero-order valence-corrected chi connectivity index (χ0v) is 14.1. The second kappa shape index (κ2) is 7.93. The Kier molecular flexibility index (Phi) is 5.23. The highest BCUT2D eigenvalue weighted by Crippen LogP contribution is 2.08. The number of nitrogens with zero attached hydrogens (tertiary/aromatic N) is 3. The summed E-state index contributed by atoms with van der Waals surface area (Å²) in [5, 5.41) is 6.99. The van der Waals surface area contributed by atoms with Crippen LogP contribution in [0.15, 0.2) is 61.2 Å². The van der Waals surface area contributed by atoms with E-state index in [1.54, 1.807) is 35.3 Å². The van der Waals surface area contributed by atoms with Crippen LogP contribution in [0.25, 0.3) is 5.69 Å². The Morgan fingerprint density at radius 2 is 1.73 bits per heavy atom. The van der Waals surface area contributed by atoms with Crippen LogP contribution in [0.4, 0.5) is 5.69 Å². The van der Waals surface area contributed by atoms with Crippen LogP contribution in [-0.2, 0) is 4.79 Å². The van der Waals surface area contributed by atoms with Crippen LogP contribution in [0.1, 0.15) is 15.9 Å². The molecular formula is C18H18N6O2. The maximum atomic E-state index is 12.1. The third-order valence-corrected chi connectivity index (χ3v) is 3.63. The third-order valence-electron chi connectivity index (χ3n) is 3.63. The van der Waals surface area contributed by atoms with Gasteiger partial charge in [0.25, 0.3) is 11.8 Å². The van der Waals surface area contributed by atoms with Gasteiger partial charge in [0.15, 0.2) is 0 Å². The van der Waals surface area contributed by atoms with Gasteiger partial charge in [0, 0.05) is 11.3 Å². The standard InChI is InChI=1S/C18H18N6O2/c1-13-2-6-15(7-3-13)20-10-17(25)22-23-18(26)14-4-8-16(9-5-14)24-12-19-11-21-24/h2-9,11-12,20H,10H2,1H3,(H,22,25)(H,23,26). The molecule has 0 saturated carbocycles. The lowest BCUT2D eigenvalue weighted by atomic mass is 10.2. The molecule has 1 heterocycles. The van der Waals surface area contributed by atoms with Gasteiger partial charge in [-0.2, -0.15) is 5.10 Å². The first-order chi connectivity index (χ1) is 12.6. The molecule has 1 aromatic heterocycles. The van der Waals surface area contributed by atoms with Gasteiger partial charge in [-0.25, -0.2) is 9.67 Å². The maximum absolute atomic E-state index is 12.1.